The molecule has 146 valence electrons. The summed E-state index contributed by atoms with van der Waals surface area (Å²) in [6, 6.07) is 19.8. The molecule has 29 heavy (non-hydrogen) atoms. The fourth-order valence-corrected chi connectivity index (χ4v) is 4.97. The Morgan fingerprint density at radius 2 is 1.66 bits per heavy atom. The second kappa shape index (κ2) is 7.46. The zero-order valence-corrected chi connectivity index (χ0v) is 17.4. The van der Waals surface area contributed by atoms with Gasteiger partial charge in [0.1, 0.15) is 4.90 Å². The number of nitrogens with one attached hydrogen (secondary N) is 1. The van der Waals surface area contributed by atoms with E-state index in [2.05, 4.69) is 21.2 Å². The number of benzene rings is 3. The topological polar surface area (TPSA) is 83.6 Å². The van der Waals surface area contributed by atoms with Gasteiger partial charge in [0.05, 0.1) is 11.3 Å². The lowest BCUT2D eigenvalue weighted by atomic mass is 10.1. The van der Waals surface area contributed by atoms with Crippen LogP contribution in [0, 0.1) is 0 Å². The molecule has 1 aliphatic rings. The summed E-state index contributed by atoms with van der Waals surface area (Å²) in [5.41, 5.74) is 1.39. The van der Waals surface area contributed by atoms with Gasteiger partial charge in [0.25, 0.3) is 21.8 Å². The van der Waals surface area contributed by atoms with Crippen molar-refractivity contribution >= 4 is 43.5 Å². The molecular weight excluding hydrogens is 456 g/mol. The van der Waals surface area contributed by atoms with Crippen molar-refractivity contribution in [2.75, 3.05) is 4.31 Å². The van der Waals surface area contributed by atoms with Gasteiger partial charge in [0.2, 0.25) is 0 Å². The number of sulfonamides is 1. The molecule has 1 N–H and O–H groups in total. The van der Waals surface area contributed by atoms with E-state index in [1.807, 2.05) is 30.3 Å². The number of hydrogen-bond acceptors (Lipinski definition) is 4. The fourth-order valence-electron chi connectivity index (χ4n) is 3.08. The van der Waals surface area contributed by atoms with Crippen LogP contribution in [0.1, 0.15) is 26.3 Å². The number of carbonyl (C=O) groups is 2. The summed E-state index contributed by atoms with van der Waals surface area (Å²) in [6.07, 6.45) is 0. The molecule has 2 amide bonds. The Morgan fingerprint density at radius 1 is 0.966 bits per heavy atom. The van der Waals surface area contributed by atoms with Gasteiger partial charge in [-0.1, -0.05) is 46.3 Å². The Labute approximate surface area is 176 Å². The largest absolute Gasteiger partial charge is 0.348 e. The standard InChI is InChI=1S/C21H15BrN2O4S/c22-16-7-9-17(10-8-16)24-21(26)18-11-6-15(12-19(18)29(24,27)28)20(25)23-13-14-4-2-1-3-5-14/h1-12H,13H2,(H,23,25). The molecule has 0 saturated carbocycles. The van der Waals surface area contributed by atoms with E-state index < -0.39 is 21.8 Å². The van der Waals surface area contributed by atoms with Crippen molar-refractivity contribution in [3.05, 3.63) is 94.0 Å². The number of amides is 2. The molecule has 0 saturated heterocycles. The first-order chi connectivity index (χ1) is 13.9. The predicted molar refractivity (Wildman–Crippen MR) is 112 cm³/mol. The number of anilines is 1. The van der Waals surface area contributed by atoms with Crippen LogP contribution in [-0.2, 0) is 16.6 Å². The third-order valence-electron chi connectivity index (χ3n) is 4.53. The molecule has 0 bridgehead atoms. The number of hydrogen-bond donors (Lipinski definition) is 1. The van der Waals surface area contributed by atoms with Gasteiger partial charge in [-0.25, -0.2) is 8.42 Å². The van der Waals surface area contributed by atoms with E-state index in [1.165, 1.54) is 18.2 Å². The third-order valence-corrected chi connectivity index (χ3v) is 6.81. The smallest absolute Gasteiger partial charge is 0.273 e. The summed E-state index contributed by atoms with van der Waals surface area (Å²) < 4.78 is 27.5. The molecule has 0 atom stereocenters. The van der Waals surface area contributed by atoms with Crippen LogP contribution in [0.2, 0.25) is 0 Å². The maximum absolute atomic E-state index is 13.0. The van der Waals surface area contributed by atoms with E-state index in [0.29, 0.717) is 6.54 Å². The molecule has 1 heterocycles. The van der Waals surface area contributed by atoms with Crippen LogP contribution in [0.25, 0.3) is 0 Å². The van der Waals surface area contributed by atoms with Crippen molar-refractivity contribution in [2.24, 2.45) is 0 Å². The number of carbonyl (C=O) groups excluding carboxylic acids is 2. The number of nitrogens with zero attached hydrogens (tertiary/aromatic N) is 1. The molecular formula is C21H15BrN2O4S. The summed E-state index contributed by atoms with van der Waals surface area (Å²) >= 11 is 3.29. The second-order valence-electron chi connectivity index (χ2n) is 6.43. The summed E-state index contributed by atoms with van der Waals surface area (Å²) in [5.74, 6) is -1.06. The highest BCUT2D eigenvalue weighted by Gasteiger charge is 2.42. The van der Waals surface area contributed by atoms with Crippen LogP contribution >= 0.6 is 15.9 Å². The van der Waals surface area contributed by atoms with Crippen molar-refractivity contribution in [2.45, 2.75) is 11.4 Å². The van der Waals surface area contributed by atoms with Gasteiger partial charge in [0, 0.05) is 16.6 Å². The predicted octanol–water partition coefficient (Wildman–Crippen LogP) is 3.73. The molecule has 0 radical (unpaired) electrons. The number of fused-ring (bicyclic) bond motifs is 1. The van der Waals surface area contributed by atoms with Gasteiger partial charge in [0.15, 0.2) is 0 Å². The van der Waals surface area contributed by atoms with Gasteiger partial charge in [-0.3, -0.25) is 9.59 Å². The minimum atomic E-state index is -4.10. The number of halogens is 1. The average molecular weight is 471 g/mol. The molecule has 4 rings (SSSR count). The molecule has 0 aliphatic carbocycles. The maximum atomic E-state index is 13.0. The maximum Gasteiger partial charge on any atom is 0.273 e. The first kappa shape index (κ1) is 19.4. The summed E-state index contributed by atoms with van der Waals surface area (Å²) in [4.78, 5) is 25.0. The van der Waals surface area contributed by atoms with Gasteiger partial charge < -0.3 is 5.32 Å². The third kappa shape index (κ3) is 3.56. The van der Waals surface area contributed by atoms with Gasteiger partial charge >= 0.3 is 0 Å². The van der Waals surface area contributed by atoms with Crippen molar-refractivity contribution in [3.63, 3.8) is 0 Å². The average Bonchev–Trinajstić information content (AvgIpc) is 2.93. The Bertz CT molecular complexity index is 1210. The lowest BCUT2D eigenvalue weighted by Crippen LogP contribution is -2.29. The van der Waals surface area contributed by atoms with Crippen LogP contribution < -0.4 is 9.62 Å². The zero-order valence-electron chi connectivity index (χ0n) is 15.0. The van der Waals surface area contributed by atoms with E-state index in [0.717, 1.165) is 14.3 Å². The fraction of sp³-hybridized carbons (Fsp3) is 0.0476. The minimum absolute atomic E-state index is 0.0486. The van der Waals surface area contributed by atoms with Gasteiger partial charge in [-0.2, -0.15) is 4.31 Å². The normalized spacial score (nSPS) is 14.5. The highest BCUT2D eigenvalue weighted by Crippen LogP contribution is 2.35. The molecule has 3 aromatic rings. The Hall–Kier alpha value is -2.97. The van der Waals surface area contributed by atoms with Gasteiger partial charge in [-0.15, -0.1) is 0 Å². The van der Waals surface area contributed by atoms with Crippen LogP contribution in [0.4, 0.5) is 5.69 Å². The van der Waals surface area contributed by atoms with Crippen LogP contribution in [0.15, 0.2) is 82.2 Å². The Kier molecular flexibility index (Phi) is 4.97. The van der Waals surface area contributed by atoms with E-state index in [1.54, 1.807) is 24.3 Å². The molecule has 0 fully saturated rings. The van der Waals surface area contributed by atoms with Crippen molar-refractivity contribution < 1.29 is 18.0 Å². The van der Waals surface area contributed by atoms with Gasteiger partial charge in [-0.05, 0) is 48.0 Å². The first-order valence-corrected chi connectivity index (χ1v) is 10.9. The van der Waals surface area contributed by atoms with E-state index in [9.17, 15) is 18.0 Å². The molecule has 6 nitrogen and oxygen atoms in total. The van der Waals surface area contributed by atoms with Crippen molar-refractivity contribution in [1.29, 1.82) is 0 Å². The van der Waals surface area contributed by atoms with Crippen molar-refractivity contribution in [3.8, 4) is 0 Å². The molecule has 8 heteroatoms. The first-order valence-electron chi connectivity index (χ1n) is 8.69. The van der Waals surface area contributed by atoms with E-state index in [-0.39, 0.29) is 21.7 Å². The van der Waals surface area contributed by atoms with Crippen molar-refractivity contribution in [1.82, 2.24) is 5.32 Å². The lowest BCUT2D eigenvalue weighted by Gasteiger charge is -2.15. The molecule has 0 aromatic heterocycles. The van der Waals surface area contributed by atoms with Crippen LogP contribution in [0.3, 0.4) is 0 Å². The highest BCUT2D eigenvalue weighted by molar-refractivity contribution is 9.10. The Morgan fingerprint density at radius 3 is 2.34 bits per heavy atom. The lowest BCUT2D eigenvalue weighted by molar-refractivity contribution is 0.0948. The Balaban J connectivity index is 1.63. The quantitative estimate of drug-likeness (QED) is 0.629. The van der Waals surface area contributed by atoms with Crippen LogP contribution in [0.5, 0.6) is 0 Å². The highest BCUT2D eigenvalue weighted by atomic mass is 79.9. The molecule has 0 unspecified atom stereocenters. The number of rotatable bonds is 4. The zero-order chi connectivity index (χ0) is 20.6. The monoisotopic (exact) mass is 470 g/mol. The molecule has 1 aliphatic heterocycles. The van der Waals surface area contributed by atoms with E-state index >= 15 is 0 Å². The molecule has 0 spiro atoms. The summed E-state index contributed by atoms with van der Waals surface area (Å²) in [7, 11) is -4.10. The second-order valence-corrected chi connectivity index (χ2v) is 9.10. The minimum Gasteiger partial charge on any atom is -0.348 e. The van der Waals surface area contributed by atoms with E-state index in [4.69, 9.17) is 0 Å². The van der Waals surface area contributed by atoms with Crippen LogP contribution in [-0.4, -0.2) is 20.2 Å². The summed E-state index contributed by atoms with van der Waals surface area (Å²) in [6.45, 7) is 0.313. The molecule has 3 aromatic carbocycles. The summed E-state index contributed by atoms with van der Waals surface area (Å²) in [5, 5.41) is 2.76. The SMILES string of the molecule is O=C(NCc1ccccc1)c1ccc2c(c1)S(=O)(=O)N(c1ccc(Br)cc1)C2=O.